The van der Waals surface area contributed by atoms with Crippen molar-refractivity contribution in [2.75, 3.05) is 0 Å². The first-order chi connectivity index (χ1) is 23.1. The minimum atomic E-state index is -0.935. The van der Waals surface area contributed by atoms with Crippen LogP contribution in [-0.4, -0.2) is 35.7 Å². The Kier molecular flexibility index (Phi) is 12.6. The quantitative estimate of drug-likeness (QED) is 0.132. The molecule has 4 amide bonds. The maximum atomic E-state index is 14.2. The van der Waals surface area contributed by atoms with Crippen molar-refractivity contribution < 1.29 is 19.2 Å². The van der Waals surface area contributed by atoms with Gasteiger partial charge in [0.05, 0.1) is 12.1 Å². The van der Waals surface area contributed by atoms with Crippen LogP contribution in [0.1, 0.15) is 48.2 Å². The van der Waals surface area contributed by atoms with Gasteiger partial charge in [-0.25, -0.2) is 0 Å². The minimum Gasteiger partial charge on any atom is -0.345 e. The van der Waals surface area contributed by atoms with Crippen LogP contribution in [0.2, 0.25) is 0 Å². The molecule has 0 aliphatic heterocycles. The second-order valence-electron chi connectivity index (χ2n) is 11.8. The molecular weight excluding hydrogens is 600 g/mol. The van der Waals surface area contributed by atoms with Gasteiger partial charge in [-0.3, -0.25) is 19.2 Å². The molecule has 0 fully saturated rings. The lowest BCUT2D eigenvalue weighted by molar-refractivity contribution is -0.129. The molecule has 0 aromatic heterocycles. The zero-order valence-corrected chi connectivity index (χ0v) is 27.3. The summed E-state index contributed by atoms with van der Waals surface area (Å²) >= 11 is 0. The number of hydrogen-bond donors (Lipinski definition) is 4. The first-order valence-corrected chi connectivity index (χ1v) is 15.8. The smallest absolute Gasteiger partial charge is 0.246 e. The largest absolute Gasteiger partial charge is 0.345 e. The van der Waals surface area contributed by atoms with Gasteiger partial charge < -0.3 is 21.3 Å². The van der Waals surface area contributed by atoms with Gasteiger partial charge >= 0.3 is 0 Å². The number of amides is 4. The van der Waals surface area contributed by atoms with E-state index in [-0.39, 0.29) is 24.0 Å². The van der Waals surface area contributed by atoms with Crippen LogP contribution < -0.4 is 21.3 Å². The molecule has 4 aromatic rings. The van der Waals surface area contributed by atoms with Gasteiger partial charge in [0.15, 0.2) is 0 Å². The standard InChI is InChI=1S/C40H42N4O4/c1-27(2)37(45)41-33(25-29-17-9-5-10-18-29)39(47)43-35(31-21-13-7-14-22-31)36(32-23-15-8-16-24-32)44-40(48)34(42-38(46)28(3)4)26-30-19-11-6-12-20-30/h5-24,33-36H,1,3,25-26H2,2,4H3,(H,41,45)(H,42,46)(H,43,47)(H,44,48)/t33-,34-,35-,36-/m0/s1. The maximum Gasteiger partial charge on any atom is 0.246 e. The van der Waals surface area contributed by atoms with E-state index < -0.39 is 47.8 Å². The van der Waals surface area contributed by atoms with E-state index in [4.69, 9.17) is 0 Å². The van der Waals surface area contributed by atoms with Gasteiger partial charge in [-0.05, 0) is 36.1 Å². The molecule has 0 unspecified atom stereocenters. The lowest BCUT2D eigenvalue weighted by atomic mass is 9.92. The first kappa shape index (κ1) is 35.1. The fourth-order valence-electron chi connectivity index (χ4n) is 5.23. The number of rotatable bonds is 15. The van der Waals surface area contributed by atoms with Crippen LogP contribution in [0.25, 0.3) is 0 Å². The lowest BCUT2D eigenvalue weighted by Crippen LogP contribution is -2.53. The summed E-state index contributed by atoms with van der Waals surface area (Å²) in [4.78, 5) is 53.9. The summed E-state index contributed by atoms with van der Waals surface area (Å²) < 4.78 is 0. The predicted molar refractivity (Wildman–Crippen MR) is 188 cm³/mol. The molecule has 0 saturated carbocycles. The van der Waals surface area contributed by atoms with Gasteiger partial charge in [-0.2, -0.15) is 0 Å². The molecule has 4 aromatic carbocycles. The number of nitrogens with one attached hydrogen (secondary N) is 4. The highest BCUT2D eigenvalue weighted by molar-refractivity contribution is 5.97. The van der Waals surface area contributed by atoms with Crippen LogP contribution in [0.15, 0.2) is 146 Å². The van der Waals surface area contributed by atoms with Crippen LogP contribution in [0, 0.1) is 0 Å². The Labute approximate surface area is 282 Å². The Morgan fingerprint density at radius 2 is 0.771 bits per heavy atom. The highest BCUT2D eigenvalue weighted by Crippen LogP contribution is 2.30. The van der Waals surface area contributed by atoms with E-state index in [1.807, 2.05) is 121 Å². The van der Waals surface area contributed by atoms with E-state index in [1.54, 1.807) is 13.8 Å². The van der Waals surface area contributed by atoms with Gasteiger partial charge in [-0.1, -0.05) is 134 Å². The Hall–Kier alpha value is -5.76. The van der Waals surface area contributed by atoms with Crippen molar-refractivity contribution in [2.24, 2.45) is 0 Å². The van der Waals surface area contributed by atoms with Crippen LogP contribution in [0.3, 0.4) is 0 Å². The Morgan fingerprint density at radius 3 is 1.06 bits per heavy atom. The fraction of sp³-hybridized carbons (Fsp3) is 0.200. The van der Waals surface area contributed by atoms with Crippen molar-refractivity contribution in [2.45, 2.75) is 50.9 Å². The minimum absolute atomic E-state index is 0.238. The molecule has 0 spiro atoms. The van der Waals surface area contributed by atoms with E-state index in [1.165, 1.54) is 0 Å². The average molecular weight is 643 g/mol. The van der Waals surface area contributed by atoms with Gasteiger partial charge in [-0.15, -0.1) is 0 Å². The molecule has 4 atom stereocenters. The molecule has 4 rings (SSSR count). The highest BCUT2D eigenvalue weighted by atomic mass is 16.2. The zero-order valence-electron chi connectivity index (χ0n) is 27.3. The summed E-state index contributed by atoms with van der Waals surface area (Å²) in [6, 6.07) is 34.1. The first-order valence-electron chi connectivity index (χ1n) is 15.8. The second kappa shape index (κ2) is 17.2. The third-order valence-electron chi connectivity index (χ3n) is 7.83. The maximum absolute atomic E-state index is 14.2. The molecule has 0 bridgehead atoms. The van der Waals surface area contributed by atoms with Crippen LogP contribution in [-0.2, 0) is 32.0 Å². The van der Waals surface area contributed by atoms with Crippen molar-refractivity contribution in [3.63, 3.8) is 0 Å². The molecule has 8 nitrogen and oxygen atoms in total. The molecule has 0 aliphatic carbocycles. The molecule has 0 aliphatic rings. The highest BCUT2D eigenvalue weighted by Gasteiger charge is 2.33. The Bertz CT molecular complexity index is 1580. The van der Waals surface area contributed by atoms with Gasteiger partial charge in [0, 0.05) is 24.0 Å². The molecule has 48 heavy (non-hydrogen) atoms. The van der Waals surface area contributed by atoms with Crippen molar-refractivity contribution in [1.82, 2.24) is 21.3 Å². The normalized spacial score (nSPS) is 13.1. The van der Waals surface area contributed by atoms with Gasteiger partial charge in [0.2, 0.25) is 23.6 Å². The molecule has 246 valence electrons. The van der Waals surface area contributed by atoms with Crippen molar-refractivity contribution in [3.05, 3.63) is 168 Å². The molecular formula is C40H42N4O4. The van der Waals surface area contributed by atoms with E-state index in [2.05, 4.69) is 34.4 Å². The molecule has 0 radical (unpaired) electrons. The third-order valence-corrected chi connectivity index (χ3v) is 7.83. The van der Waals surface area contributed by atoms with Gasteiger partial charge in [0.25, 0.3) is 0 Å². The number of carbonyl (C=O) groups is 4. The Balaban J connectivity index is 1.72. The second-order valence-corrected chi connectivity index (χ2v) is 11.8. The van der Waals surface area contributed by atoms with Crippen molar-refractivity contribution in [3.8, 4) is 0 Å². The predicted octanol–water partition coefficient (Wildman–Crippen LogP) is 5.31. The number of hydrogen-bond acceptors (Lipinski definition) is 4. The third kappa shape index (κ3) is 10.1. The topological polar surface area (TPSA) is 116 Å². The van der Waals surface area contributed by atoms with Crippen LogP contribution >= 0.6 is 0 Å². The summed E-state index contributed by atoms with van der Waals surface area (Å²) in [5.74, 6) is -1.75. The molecule has 0 heterocycles. The summed E-state index contributed by atoms with van der Waals surface area (Å²) in [5.41, 5.74) is 3.74. The lowest BCUT2D eigenvalue weighted by Gasteiger charge is -2.32. The molecule has 0 saturated heterocycles. The van der Waals surface area contributed by atoms with Crippen LogP contribution in [0.5, 0.6) is 0 Å². The van der Waals surface area contributed by atoms with E-state index in [9.17, 15) is 19.2 Å². The average Bonchev–Trinajstić information content (AvgIpc) is 3.10. The summed E-state index contributed by atoms with van der Waals surface area (Å²) in [6.07, 6.45) is 0.475. The van der Waals surface area contributed by atoms with E-state index in [0.29, 0.717) is 0 Å². The molecule has 8 heteroatoms. The van der Waals surface area contributed by atoms with E-state index in [0.717, 1.165) is 22.3 Å². The van der Waals surface area contributed by atoms with E-state index >= 15 is 0 Å². The molecule has 4 N–H and O–H groups in total. The Morgan fingerprint density at radius 1 is 0.479 bits per heavy atom. The zero-order chi connectivity index (χ0) is 34.5. The van der Waals surface area contributed by atoms with Gasteiger partial charge in [0.1, 0.15) is 12.1 Å². The van der Waals surface area contributed by atoms with Crippen molar-refractivity contribution in [1.29, 1.82) is 0 Å². The fourth-order valence-corrected chi connectivity index (χ4v) is 5.23. The van der Waals surface area contributed by atoms with Crippen molar-refractivity contribution >= 4 is 23.6 Å². The number of carbonyl (C=O) groups excluding carboxylic acids is 4. The summed E-state index contributed by atoms with van der Waals surface area (Å²) in [5, 5.41) is 12.0. The van der Waals surface area contributed by atoms with Crippen LogP contribution in [0.4, 0.5) is 0 Å². The monoisotopic (exact) mass is 642 g/mol. The summed E-state index contributed by atoms with van der Waals surface area (Å²) in [7, 11) is 0. The summed E-state index contributed by atoms with van der Waals surface area (Å²) in [6.45, 7) is 10.6. The number of benzene rings is 4. The SMILES string of the molecule is C=C(C)C(=O)N[C@@H](Cc1ccccc1)C(=O)N[C@@H](c1ccccc1)[C@@H](NC(=O)[C@H](Cc1ccccc1)NC(=O)C(=C)C)c1ccccc1.